The van der Waals surface area contributed by atoms with Gasteiger partial charge in [-0.2, -0.15) is 0 Å². The van der Waals surface area contributed by atoms with Crippen LogP contribution in [0.15, 0.2) is 0 Å². The molecule has 4 heavy (non-hydrogen) atoms. The maximum Gasteiger partial charge on any atom is 0 e. The van der Waals surface area contributed by atoms with Crippen molar-refractivity contribution in [1.29, 1.82) is 0 Å². The van der Waals surface area contributed by atoms with E-state index in [-0.39, 0.29) is 67.0 Å². The van der Waals surface area contributed by atoms with Crippen LogP contribution in [0.5, 0.6) is 0 Å². The molecule has 0 N–H and O–H groups in total. The van der Waals surface area contributed by atoms with Crippen LogP contribution in [-0.4, -0.2) is 45.9 Å². The van der Waals surface area contributed by atoms with Crippen LogP contribution in [0, 0.1) is 0 Å². The fraction of sp³-hybridized carbons (Fsp3) is 0. The maximum atomic E-state index is 0. The van der Waals surface area contributed by atoms with Gasteiger partial charge in [-0.3, -0.25) is 0 Å². The van der Waals surface area contributed by atoms with Crippen molar-refractivity contribution in [1.82, 2.24) is 0 Å². The van der Waals surface area contributed by atoms with Crippen LogP contribution in [0.4, 0.5) is 0 Å². The van der Waals surface area contributed by atoms with Crippen LogP contribution in [0.25, 0.3) is 0 Å². The quantitative estimate of drug-likeness (QED) is 0.495. The van der Waals surface area contributed by atoms with Gasteiger partial charge in [0, 0.05) is 67.0 Å². The molecule has 0 spiro atoms. The normalized spacial score (nSPS) is 0. The van der Waals surface area contributed by atoms with Crippen molar-refractivity contribution in [3.63, 3.8) is 0 Å². The van der Waals surface area contributed by atoms with E-state index in [2.05, 4.69) is 0 Å². The molecule has 0 nitrogen and oxygen atoms in total. The summed E-state index contributed by atoms with van der Waals surface area (Å²) in [5.41, 5.74) is 0. The second-order valence-electron chi connectivity index (χ2n) is 0. The van der Waals surface area contributed by atoms with Crippen molar-refractivity contribution in [3.8, 4) is 0 Å². The molecule has 0 aromatic carbocycles. The summed E-state index contributed by atoms with van der Waals surface area (Å²) in [6.45, 7) is 0. The Hall–Kier alpha value is 1.98. The summed E-state index contributed by atoms with van der Waals surface area (Å²) in [6.07, 6.45) is 0. The van der Waals surface area contributed by atoms with E-state index in [1.807, 2.05) is 0 Å². The van der Waals surface area contributed by atoms with Crippen LogP contribution in [0.2, 0.25) is 0 Å². The van der Waals surface area contributed by atoms with Crippen molar-refractivity contribution >= 4 is 45.9 Å². The van der Waals surface area contributed by atoms with Gasteiger partial charge in [0.15, 0.2) is 0 Å². The first-order chi connectivity index (χ1) is 0. The largest absolute Gasteiger partial charge is 0 e. The molecule has 0 aromatic heterocycles. The average Bonchev–Trinajstić information content (AvgIpc) is 0. The smallest absolute Gasteiger partial charge is 0 e. The summed E-state index contributed by atoms with van der Waals surface area (Å²) < 4.78 is 0. The van der Waals surface area contributed by atoms with Gasteiger partial charge in [0.25, 0.3) is 0 Å². The van der Waals surface area contributed by atoms with Gasteiger partial charge in [0.05, 0.1) is 0 Å². The predicted molar refractivity (Wildman–Crippen MR) is 17.3 cm³/mol. The molecule has 0 rings (SSSR count). The Bertz CT molecular complexity index is 8.00. The van der Waals surface area contributed by atoms with Crippen LogP contribution >= 0.6 is 0 Å². The zero-order valence-electron chi connectivity index (χ0n) is 1.89. The molecule has 0 saturated heterocycles. The zero-order chi connectivity index (χ0) is 0. The van der Waals surface area contributed by atoms with E-state index < -0.39 is 0 Å². The second kappa shape index (κ2) is 20.1. The van der Waals surface area contributed by atoms with Crippen LogP contribution in [0.3, 0.4) is 0 Å². The molecule has 0 heterocycles. The molecule has 0 fully saturated rings. The van der Waals surface area contributed by atoms with Crippen molar-refractivity contribution in [2.24, 2.45) is 0 Å². The first-order valence-electron chi connectivity index (χ1n) is 0. The van der Waals surface area contributed by atoms with Crippen molar-refractivity contribution < 1.29 is 21.1 Å². The number of hydrogen-bond donors (Lipinski definition) is 0. The molecular weight excluding hydrogens is 323 g/mol. The standard InChI is InChI=1S/Al.Ge.Pt.Si. The Kier molecular flexibility index (Phi) is 190. The molecule has 0 bridgehead atoms. The van der Waals surface area contributed by atoms with Gasteiger partial charge >= 0.3 is 0 Å². The van der Waals surface area contributed by atoms with Crippen molar-refractivity contribution in [2.75, 3.05) is 0 Å². The topological polar surface area (TPSA) is 0 Å². The molecule has 11 radical (unpaired) electrons. The van der Waals surface area contributed by atoms with Crippen LogP contribution in [-0.2, 0) is 21.1 Å². The second-order valence-corrected chi connectivity index (χ2v) is 0. The van der Waals surface area contributed by atoms with Gasteiger partial charge in [0.1, 0.15) is 0 Å². The van der Waals surface area contributed by atoms with Crippen LogP contribution < -0.4 is 0 Å². The molecule has 0 unspecified atom stereocenters. The zero-order valence-corrected chi connectivity index (χ0v) is 8.42. The Morgan fingerprint density at radius 3 is 1.00 bits per heavy atom. The molecule has 4 heteroatoms. The molecule has 0 amide bonds. The van der Waals surface area contributed by atoms with Gasteiger partial charge in [0.2, 0.25) is 0 Å². The maximum absolute atomic E-state index is 0. The van der Waals surface area contributed by atoms with Crippen molar-refractivity contribution in [2.45, 2.75) is 0 Å². The van der Waals surface area contributed by atoms with E-state index >= 15 is 0 Å². The third kappa shape index (κ3) is 9.01. The summed E-state index contributed by atoms with van der Waals surface area (Å²) in [5, 5.41) is 0. The first-order valence-corrected chi connectivity index (χ1v) is 0. The minimum Gasteiger partial charge on any atom is 0 e. The minimum atomic E-state index is 0. The van der Waals surface area contributed by atoms with E-state index in [0.717, 1.165) is 0 Å². The molecule has 0 aliphatic rings. The summed E-state index contributed by atoms with van der Waals surface area (Å²) in [5.74, 6) is 0. The SMILES string of the molecule is [Al].[Ge].[Pt].[Si]. The van der Waals surface area contributed by atoms with Crippen LogP contribution in [0.1, 0.15) is 0 Å². The molecule has 21 valence electrons. The van der Waals surface area contributed by atoms with E-state index in [9.17, 15) is 0 Å². The third-order valence-electron chi connectivity index (χ3n) is 0. The fourth-order valence-corrected chi connectivity index (χ4v) is 0. The summed E-state index contributed by atoms with van der Waals surface area (Å²) in [7, 11) is 0. The van der Waals surface area contributed by atoms with E-state index in [4.69, 9.17) is 0 Å². The van der Waals surface area contributed by atoms with Gasteiger partial charge < -0.3 is 0 Å². The first kappa shape index (κ1) is 37.8. The Morgan fingerprint density at radius 1 is 1.00 bits per heavy atom. The minimum absolute atomic E-state index is 0. The predicted octanol–water partition coefficient (Wildman–Crippen LogP) is -1.14. The van der Waals surface area contributed by atoms with E-state index in [1.54, 1.807) is 0 Å². The van der Waals surface area contributed by atoms with Crippen molar-refractivity contribution in [3.05, 3.63) is 0 Å². The molecule has 0 aliphatic carbocycles. The van der Waals surface area contributed by atoms with Gasteiger partial charge in [-0.1, -0.05) is 0 Å². The Balaban J connectivity index is 0. The average molecular weight is 323 g/mol. The summed E-state index contributed by atoms with van der Waals surface area (Å²) >= 11 is 0. The molecular formula is AlGePtSi. The molecule has 0 saturated carbocycles. The summed E-state index contributed by atoms with van der Waals surface area (Å²) in [6, 6.07) is 0. The molecule has 0 atom stereocenters. The monoisotopic (exact) mass is 324 g/mol. The fourth-order valence-electron chi connectivity index (χ4n) is 0. The van der Waals surface area contributed by atoms with E-state index in [0.29, 0.717) is 0 Å². The van der Waals surface area contributed by atoms with Gasteiger partial charge in [-0.25, -0.2) is 0 Å². The van der Waals surface area contributed by atoms with E-state index in [1.165, 1.54) is 0 Å². The number of hydrogen-bond acceptors (Lipinski definition) is 0. The Labute approximate surface area is 66.5 Å². The van der Waals surface area contributed by atoms with Gasteiger partial charge in [-0.05, 0) is 0 Å². The Morgan fingerprint density at radius 2 is 1.00 bits per heavy atom. The third-order valence-corrected chi connectivity index (χ3v) is 0. The van der Waals surface area contributed by atoms with Gasteiger partial charge in [-0.15, -0.1) is 0 Å². The molecule has 0 aliphatic heterocycles. The number of rotatable bonds is 0. The summed E-state index contributed by atoms with van der Waals surface area (Å²) in [4.78, 5) is 0. The molecule has 0 aromatic rings.